The second kappa shape index (κ2) is 6.21. The van der Waals surface area contributed by atoms with Crippen LogP contribution in [0, 0.1) is 5.92 Å². The van der Waals surface area contributed by atoms with E-state index in [1.807, 2.05) is 11.9 Å². The summed E-state index contributed by atoms with van der Waals surface area (Å²) in [6.45, 7) is 5.15. The Balaban J connectivity index is 2.33. The van der Waals surface area contributed by atoms with Gasteiger partial charge in [-0.25, -0.2) is 0 Å². The van der Waals surface area contributed by atoms with E-state index in [-0.39, 0.29) is 11.9 Å². The molecule has 0 bridgehead atoms. The molecule has 2 N–H and O–H groups in total. The van der Waals surface area contributed by atoms with Crippen molar-refractivity contribution in [2.75, 3.05) is 33.7 Å². The van der Waals surface area contributed by atoms with Gasteiger partial charge in [-0.3, -0.25) is 4.79 Å². The van der Waals surface area contributed by atoms with Gasteiger partial charge in [-0.1, -0.05) is 13.3 Å². The van der Waals surface area contributed by atoms with Gasteiger partial charge in [0, 0.05) is 20.1 Å². The third-order valence-corrected chi connectivity index (χ3v) is 3.31. The number of amides is 1. The smallest absolute Gasteiger partial charge is 0.239 e. The molecule has 1 rings (SSSR count). The summed E-state index contributed by atoms with van der Waals surface area (Å²) in [5, 5.41) is 0. The molecule has 1 fully saturated rings. The fourth-order valence-corrected chi connectivity index (χ4v) is 2.37. The predicted octanol–water partition coefficient (Wildman–Crippen LogP) is 0.524. The molecule has 0 aromatic carbocycles. The Morgan fingerprint density at radius 1 is 1.62 bits per heavy atom. The van der Waals surface area contributed by atoms with Crippen LogP contribution in [-0.2, 0) is 4.79 Å². The maximum Gasteiger partial charge on any atom is 0.239 e. The fourth-order valence-electron chi connectivity index (χ4n) is 2.37. The summed E-state index contributed by atoms with van der Waals surface area (Å²) in [5.74, 6) is 0.712. The van der Waals surface area contributed by atoms with E-state index < -0.39 is 0 Å². The fraction of sp³-hybridized carbons (Fsp3) is 0.917. The number of nitrogens with zero attached hydrogens (tertiary/aromatic N) is 2. The SMILES string of the molecule is CCCC(N)C(=O)N(C)CC1CCN(C)C1. The first-order valence-corrected chi connectivity index (χ1v) is 6.23. The minimum absolute atomic E-state index is 0.0939. The zero-order chi connectivity index (χ0) is 12.1. The van der Waals surface area contributed by atoms with E-state index in [9.17, 15) is 4.79 Å². The Morgan fingerprint density at radius 3 is 2.81 bits per heavy atom. The van der Waals surface area contributed by atoms with E-state index in [1.54, 1.807) is 0 Å². The van der Waals surface area contributed by atoms with Gasteiger partial charge in [0.2, 0.25) is 5.91 Å². The number of hydrogen-bond acceptors (Lipinski definition) is 3. The lowest BCUT2D eigenvalue weighted by atomic mass is 10.1. The highest BCUT2D eigenvalue weighted by atomic mass is 16.2. The lowest BCUT2D eigenvalue weighted by Crippen LogP contribution is -2.43. The molecule has 94 valence electrons. The molecule has 0 aromatic rings. The van der Waals surface area contributed by atoms with Gasteiger partial charge in [-0.05, 0) is 32.4 Å². The molecule has 0 aromatic heterocycles. The maximum absolute atomic E-state index is 11.9. The molecule has 16 heavy (non-hydrogen) atoms. The predicted molar refractivity (Wildman–Crippen MR) is 66.1 cm³/mol. The standard InChI is InChI=1S/C12H25N3O/c1-4-5-11(13)12(16)15(3)9-10-6-7-14(2)8-10/h10-11H,4-9,13H2,1-3H3. The van der Waals surface area contributed by atoms with Crippen LogP contribution in [0.1, 0.15) is 26.2 Å². The van der Waals surface area contributed by atoms with Crippen LogP contribution in [0.5, 0.6) is 0 Å². The van der Waals surface area contributed by atoms with E-state index in [1.165, 1.54) is 6.42 Å². The number of likely N-dealkylation sites (tertiary alicyclic amines) is 1. The van der Waals surface area contributed by atoms with E-state index >= 15 is 0 Å². The maximum atomic E-state index is 11.9. The minimum atomic E-state index is -0.311. The average Bonchev–Trinajstić information content (AvgIpc) is 2.63. The van der Waals surface area contributed by atoms with E-state index in [2.05, 4.69) is 18.9 Å². The van der Waals surface area contributed by atoms with Gasteiger partial charge >= 0.3 is 0 Å². The highest BCUT2D eigenvalue weighted by Gasteiger charge is 2.24. The number of rotatable bonds is 5. The van der Waals surface area contributed by atoms with Gasteiger partial charge in [-0.2, -0.15) is 0 Å². The van der Waals surface area contributed by atoms with Gasteiger partial charge in [-0.15, -0.1) is 0 Å². The Labute approximate surface area is 98.8 Å². The van der Waals surface area contributed by atoms with Crippen molar-refractivity contribution in [3.05, 3.63) is 0 Å². The van der Waals surface area contributed by atoms with Crippen LogP contribution in [-0.4, -0.2) is 55.5 Å². The summed E-state index contributed by atoms with van der Waals surface area (Å²) in [7, 11) is 4.00. The van der Waals surface area contributed by atoms with Crippen LogP contribution < -0.4 is 5.73 Å². The molecule has 0 spiro atoms. The van der Waals surface area contributed by atoms with Gasteiger partial charge in [0.15, 0.2) is 0 Å². The number of carbonyl (C=O) groups is 1. The highest BCUT2D eigenvalue weighted by Crippen LogP contribution is 2.15. The molecule has 1 aliphatic rings. The first-order valence-electron chi connectivity index (χ1n) is 6.23. The van der Waals surface area contributed by atoms with E-state index in [0.29, 0.717) is 5.92 Å². The molecular weight excluding hydrogens is 202 g/mol. The van der Waals surface area contributed by atoms with Crippen LogP contribution in [0.2, 0.25) is 0 Å². The quantitative estimate of drug-likeness (QED) is 0.745. The Kier molecular flexibility index (Phi) is 5.22. The van der Waals surface area contributed by atoms with Crippen LogP contribution in [0.15, 0.2) is 0 Å². The highest BCUT2D eigenvalue weighted by molar-refractivity contribution is 5.81. The summed E-state index contributed by atoms with van der Waals surface area (Å²) in [5.41, 5.74) is 5.83. The van der Waals surface area contributed by atoms with Gasteiger partial charge < -0.3 is 15.5 Å². The van der Waals surface area contributed by atoms with Gasteiger partial charge in [0.1, 0.15) is 0 Å². The summed E-state index contributed by atoms with van der Waals surface area (Å²) in [4.78, 5) is 16.0. The normalized spacial score (nSPS) is 23.4. The van der Waals surface area contributed by atoms with Crippen molar-refractivity contribution in [2.45, 2.75) is 32.2 Å². The Bertz CT molecular complexity index is 232. The zero-order valence-electron chi connectivity index (χ0n) is 10.8. The molecule has 4 nitrogen and oxygen atoms in total. The number of carbonyl (C=O) groups excluding carboxylic acids is 1. The van der Waals surface area contributed by atoms with Crippen molar-refractivity contribution < 1.29 is 4.79 Å². The largest absolute Gasteiger partial charge is 0.344 e. The van der Waals surface area contributed by atoms with Crippen LogP contribution >= 0.6 is 0 Å². The minimum Gasteiger partial charge on any atom is -0.344 e. The first kappa shape index (κ1) is 13.5. The third kappa shape index (κ3) is 3.76. The third-order valence-electron chi connectivity index (χ3n) is 3.31. The van der Waals surface area contributed by atoms with E-state index in [4.69, 9.17) is 5.73 Å². The average molecular weight is 227 g/mol. The van der Waals surface area contributed by atoms with Crippen molar-refractivity contribution in [2.24, 2.45) is 11.7 Å². The zero-order valence-corrected chi connectivity index (χ0v) is 10.8. The van der Waals surface area contributed by atoms with Crippen molar-refractivity contribution >= 4 is 5.91 Å². The van der Waals surface area contributed by atoms with Crippen LogP contribution in [0.25, 0.3) is 0 Å². The molecule has 0 saturated carbocycles. The number of likely N-dealkylation sites (N-methyl/N-ethyl adjacent to an activating group) is 1. The molecule has 0 radical (unpaired) electrons. The number of hydrogen-bond donors (Lipinski definition) is 1. The topological polar surface area (TPSA) is 49.6 Å². The van der Waals surface area contributed by atoms with Gasteiger partial charge in [0.25, 0.3) is 0 Å². The molecule has 1 amide bonds. The Morgan fingerprint density at radius 2 is 2.31 bits per heavy atom. The molecular formula is C12H25N3O. The molecule has 2 atom stereocenters. The van der Waals surface area contributed by atoms with Gasteiger partial charge in [0.05, 0.1) is 6.04 Å². The second-order valence-electron chi connectivity index (χ2n) is 5.03. The van der Waals surface area contributed by atoms with Crippen molar-refractivity contribution in [3.8, 4) is 0 Å². The van der Waals surface area contributed by atoms with E-state index in [0.717, 1.165) is 32.5 Å². The number of nitrogens with two attached hydrogens (primary N) is 1. The van der Waals surface area contributed by atoms with Crippen LogP contribution in [0.4, 0.5) is 0 Å². The molecule has 1 saturated heterocycles. The summed E-state index contributed by atoms with van der Waals surface area (Å²) < 4.78 is 0. The first-order chi connectivity index (χ1) is 7.54. The van der Waals surface area contributed by atoms with Crippen molar-refractivity contribution in [1.29, 1.82) is 0 Å². The summed E-state index contributed by atoms with van der Waals surface area (Å²) in [6.07, 6.45) is 2.94. The molecule has 1 aliphatic heterocycles. The molecule has 4 heteroatoms. The Hall–Kier alpha value is -0.610. The molecule has 2 unspecified atom stereocenters. The summed E-state index contributed by atoms with van der Waals surface area (Å²) in [6, 6.07) is -0.311. The lowest BCUT2D eigenvalue weighted by Gasteiger charge is -2.24. The summed E-state index contributed by atoms with van der Waals surface area (Å²) >= 11 is 0. The second-order valence-corrected chi connectivity index (χ2v) is 5.03. The van der Waals surface area contributed by atoms with Crippen molar-refractivity contribution in [3.63, 3.8) is 0 Å². The monoisotopic (exact) mass is 227 g/mol. The lowest BCUT2D eigenvalue weighted by molar-refractivity contribution is -0.131. The van der Waals surface area contributed by atoms with Crippen LogP contribution in [0.3, 0.4) is 0 Å². The molecule has 0 aliphatic carbocycles. The van der Waals surface area contributed by atoms with Crippen molar-refractivity contribution in [1.82, 2.24) is 9.80 Å². The molecule has 1 heterocycles.